The minimum absolute atomic E-state index is 0. The summed E-state index contributed by atoms with van der Waals surface area (Å²) in [5.41, 5.74) is 2.63. The number of nitrogens with one attached hydrogen (secondary N) is 2. The summed E-state index contributed by atoms with van der Waals surface area (Å²) in [6, 6.07) is 10.9. The van der Waals surface area contributed by atoms with Crippen molar-refractivity contribution in [2.24, 2.45) is 5.92 Å². The number of halogens is 3. The number of piperidine rings is 2. The maximum atomic E-state index is 14.5. The van der Waals surface area contributed by atoms with Gasteiger partial charge in [-0.2, -0.15) is 0 Å². The Kier molecular flexibility index (Phi) is 12.1. The normalized spacial score (nSPS) is 22.3. The zero-order valence-electron chi connectivity index (χ0n) is 27.0. The average molecular weight is 693 g/mol. The molecule has 0 unspecified atom stereocenters. The van der Waals surface area contributed by atoms with Gasteiger partial charge in [-0.1, -0.05) is 0 Å². The standard InChI is InChI=1S/C35H46FN5O4.2ClH/c36-27-20-28(39-17-11-37-12-18-39)22-31(21-27)44-29-8-15-41(16-9-29)35(43)26-3-4-33(45-30-5-10-38-23-30)32(19-26)24-6-13-40(14-7-24)34(42)25-1-2-25;;/h3-4,19-22,24-25,29-30,37-38H,1-2,5-18,23H2;2*1H/t30-;;/m0../s1. The highest BCUT2D eigenvalue weighted by molar-refractivity contribution is 5.94. The Morgan fingerprint density at radius 2 is 1.45 bits per heavy atom. The molecule has 5 aliphatic rings. The molecule has 9 nitrogen and oxygen atoms in total. The average Bonchev–Trinajstić information content (AvgIpc) is 3.80. The van der Waals surface area contributed by atoms with Crippen molar-refractivity contribution in [1.29, 1.82) is 0 Å². The zero-order chi connectivity index (χ0) is 30.8. The van der Waals surface area contributed by atoms with E-state index in [0.29, 0.717) is 43.2 Å². The molecule has 12 heteroatoms. The van der Waals surface area contributed by atoms with E-state index in [4.69, 9.17) is 9.47 Å². The number of carbonyl (C=O) groups excluding carboxylic acids is 2. The predicted molar refractivity (Wildman–Crippen MR) is 185 cm³/mol. The Bertz CT molecular complexity index is 1370. The number of piperazine rings is 1. The lowest BCUT2D eigenvalue weighted by atomic mass is 9.87. The Balaban J connectivity index is 0.00000217. The van der Waals surface area contributed by atoms with Crippen molar-refractivity contribution in [3.05, 3.63) is 53.3 Å². The van der Waals surface area contributed by atoms with Crippen LogP contribution in [0, 0.1) is 11.7 Å². The van der Waals surface area contributed by atoms with Crippen LogP contribution in [0.4, 0.5) is 10.1 Å². The highest BCUT2D eigenvalue weighted by Gasteiger charge is 2.36. The SMILES string of the molecule is Cl.Cl.O=C(c1ccc(O[C@H]2CCNC2)c(C2CCN(C(=O)C3CC3)CC2)c1)N1CCC(Oc2cc(F)cc(N3CCNCC3)c2)CC1. The Morgan fingerprint density at radius 3 is 2.13 bits per heavy atom. The molecule has 4 saturated heterocycles. The van der Waals surface area contributed by atoms with Crippen molar-refractivity contribution >= 4 is 42.3 Å². The molecular formula is C35H48Cl2FN5O4. The first kappa shape index (κ1) is 35.5. The molecule has 5 fully saturated rings. The van der Waals surface area contributed by atoms with Gasteiger partial charge in [0.1, 0.15) is 29.5 Å². The van der Waals surface area contributed by atoms with Gasteiger partial charge < -0.3 is 34.8 Å². The number of benzene rings is 2. The van der Waals surface area contributed by atoms with Gasteiger partial charge in [-0.3, -0.25) is 9.59 Å². The zero-order valence-corrected chi connectivity index (χ0v) is 28.6. The minimum Gasteiger partial charge on any atom is -0.490 e. The summed E-state index contributed by atoms with van der Waals surface area (Å²) >= 11 is 0. The predicted octanol–water partition coefficient (Wildman–Crippen LogP) is 4.62. The van der Waals surface area contributed by atoms with Crippen molar-refractivity contribution < 1.29 is 23.5 Å². The van der Waals surface area contributed by atoms with Crippen molar-refractivity contribution in [2.75, 3.05) is 70.3 Å². The van der Waals surface area contributed by atoms with E-state index in [1.165, 1.54) is 6.07 Å². The first-order chi connectivity index (χ1) is 22.0. The molecule has 0 bridgehead atoms. The molecule has 2 amide bonds. The molecule has 0 spiro atoms. The van der Waals surface area contributed by atoms with Crippen LogP contribution in [0.2, 0.25) is 0 Å². The summed E-state index contributed by atoms with van der Waals surface area (Å²) in [6.45, 7) is 7.94. The van der Waals surface area contributed by atoms with E-state index in [9.17, 15) is 14.0 Å². The number of ether oxygens (including phenoxy) is 2. The van der Waals surface area contributed by atoms with Gasteiger partial charge in [0.25, 0.3) is 5.91 Å². The quantitative estimate of drug-likeness (QED) is 0.418. The molecule has 7 rings (SSSR count). The third-order valence-electron chi connectivity index (χ3n) is 10.1. The Morgan fingerprint density at radius 1 is 0.723 bits per heavy atom. The number of likely N-dealkylation sites (tertiary alicyclic amines) is 2. The van der Waals surface area contributed by atoms with Crippen LogP contribution in [-0.2, 0) is 4.79 Å². The Labute approximate surface area is 289 Å². The summed E-state index contributed by atoms with van der Waals surface area (Å²) in [5.74, 6) is 1.97. The van der Waals surface area contributed by atoms with E-state index < -0.39 is 0 Å². The number of anilines is 1. The maximum Gasteiger partial charge on any atom is 0.253 e. The molecule has 2 aromatic carbocycles. The summed E-state index contributed by atoms with van der Waals surface area (Å²) in [4.78, 5) is 32.5. The van der Waals surface area contributed by atoms with Crippen LogP contribution in [-0.4, -0.2) is 99.3 Å². The summed E-state index contributed by atoms with van der Waals surface area (Å²) in [6.07, 6.45) is 6.25. The van der Waals surface area contributed by atoms with Crippen LogP contribution in [0.3, 0.4) is 0 Å². The van der Waals surface area contributed by atoms with Crippen LogP contribution < -0.4 is 25.0 Å². The fraction of sp³-hybridized carbons (Fsp3) is 0.600. The van der Waals surface area contributed by atoms with Gasteiger partial charge in [0.2, 0.25) is 5.91 Å². The van der Waals surface area contributed by atoms with Gasteiger partial charge in [-0.05, 0) is 74.4 Å². The molecule has 2 aromatic rings. The topological polar surface area (TPSA) is 86.4 Å². The van der Waals surface area contributed by atoms with Crippen molar-refractivity contribution in [3.8, 4) is 11.5 Å². The number of hydrogen-bond donors (Lipinski definition) is 2. The fourth-order valence-electron chi connectivity index (χ4n) is 7.29. The first-order valence-corrected chi connectivity index (χ1v) is 17.0. The number of carbonyl (C=O) groups is 2. The molecule has 2 N–H and O–H groups in total. The van der Waals surface area contributed by atoms with Crippen molar-refractivity contribution in [1.82, 2.24) is 20.4 Å². The molecule has 4 heterocycles. The Hall–Kier alpha value is -2.79. The van der Waals surface area contributed by atoms with E-state index in [2.05, 4.69) is 21.6 Å². The largest absolute Gasteiger partial charge is 0.490 e. The van der Waals surface area contributed by atoms with Crippen LogP contribution in [0.25, 0.3) is 0 Å². The van der Waals surface area contributed by atoms with Gasteiger partial charge in [0.05, 0.1) is 0 Å². The van der Waals surface area contributed by atoms with Gasteiger partial charge in [-0.25, -0.2) is 4.39 Å². The maximum absolute atomic E-state index is 14.5. The van der Waals surface area contributed by atoms with Crippen LogP contribution in [0.5, 0.6) is 11.5 Å². The number of rotatable bonds is 8. The second kappa shape index (κ2) is 16.1. The van der Waals surface area contributed by atoms with E-state index in [-0.39, 0.29) is 60.6 Å². The minimum atomic E-state index is -0.291. The second-order valence-electron chi connectivity index (χ2n) is 13.4. The van der Waals surface area contributed by atoms with Crippen LogP contribution >= 0.6 is 24.8 Å². The van der Waals surface area contributed by atoms with Gasteiger partial charge >= 0.3 is 0 Å². The molecule has 1 atom stereocenters. The summed E-state index contributed by atoms with van der Waals surface area (Å²) in [5, 5.41) is 6.71. The third kappa shape index (κ3) is 8.63. The van der Waals surface area contributed by atoms with Crippen molar-refractivity contribution in [3.63, 3.8) is 0 Å². The van der Waals surface area contributed by atoms with Gasteiger partial charge in [0, 0.05) is 101 Å². The lowest BCUT2D eigenvalue weighted by Crippen LogP contribution is -2.43. The monoisotopic (exact) mass is 691 g/mol. The number of amides is 2. The van der Waals surface area contributed by atoms with Gasteiger partial charge in [-0.15, -0.1) is 24.8 Å². The lowest BCUT2D eigenvalue weighted by Gasteiger charge is -2.34. The second-order valence-corrected chi connectivity index (χ2v) is 13.4. The molecule has 1 saturated carbocycles. The molecule has 1 aliphatic carbocycles. The van der Waals surface area contributed by atoms with Gasteiger partial charge in [0.15, 0.2) is 0 Å². The van der Waals surface area contributed by atoms with E-state index in [1.54, 1.807) is 6.07 Å². The fourth-order valence-corrected chi connectivity index (χ4v) is 7.29. The molecule has 0 aromatic heterocycles. The number of nitrogens with zero attached hydrogens (tertiary/aromatic N) is 3. The number of hydrogen-bond acceptors (Lipinski definition) is 7. The van der Waals surface area contributed by atoms with Crippen LogP contribution in [0.15, 0.2) is 36.4 Å². The third-order valence-corrected chi connectivity index (χ3v) is 10.1. The highest BCUT2D eigenvalue weighted by atomic mass is 35.5. The van der Waals surface area contributed by atoms with E-state index >= 15 is 0 Å². The molecule has 0 radical (unpaired) electrons. The first-order valence-electron chi connectivity index (χ1n) is 17.0. The molecular weight excluding hydrogens is 644 g/mol. The summed E-state index contributed by atoms with van der Waals surface area (Å²) in [7, 11) is 0. The molecule has 4 aliphatic heterocycles. The van der Waals surface area contributed by atoms with E-state index in [1.807, 2.05) is 28.0 Å². The van der Waals surface area contributed by atoms with Crippen molar-refractivity contribution in [2.45, 2.75) is 63.1 Å². The highest BCUT2D eigenvalue weighted by Crippen LogP contribution is 2.38. The molecule has 47 heavy (non-hydrogen) atoms. The summed E-state index contributed by atoms with van der Waals surface area (Å²) < 4.78 is 27.2. The lowest BCUT2D eigenvalue weighted by molar-refractivity contribution is -0.133. The van der Waals surface area contributed by atoms with Crippen LogP contribution in [0.1, 0.15) is 66.8 Å². The molecule has 258 valence electrons. The van der Waals surface area contributed by atoms with E-state index in [0.717, 1.165) is 101 Å². The smallest absolute Gasteiger partial charge is 0.253 e.